The fourth-order valence-electron chi connectivity index (χ4n) is 3.23. The van der Waals surface area contributed by atoms with Crippen LogP contribution in [0.1, 0.15) is 22.0 Å². The van der Waals surface area contributed by atoms with Crippen LogP contribution in [0.15, 0.2) is 42.5 Å². The van der Waals surface area contributed by atoms with Crippen LogP contribution in [0.25, 0.3) is 0 Å². The Kier molecular flexibility index (Phi) is 6.21. The number of amides is 1. The number of rotatable bonds is 5. The van der Waals surface area contributed by atoms with Gasteiger partial charge < -0.3 is 20.5 Å². The average Bonchev–Trinajstić information content (AvgIpc) is 2.70. The molecule has 3 N–H and O–H groups in total. The Bertz CT molecular complexity index is 793. The largest absolute Gasteiger partial charge is 0.496 e. The maximum atomic E-state index is 12.9. The highest BCUT2D eigenvalue weighted by Crippen LogP contribution is 2.30. The minimum Gasteiger partial charge on any atom is -0.496 e. The van der Waals surface area contributed by atoms with Gasteiger partial charge in [0.2, 0.25) is 0 Å². The van der Waals surface area contributed by atoms with Gasteiger partial charge in [-0.15, -0.1) is 0 Å². The summed E-state index contributed by atoms with van der Waals surface area (Å²) >= 11 is 6.08. The number of aliphatic hydroxyl groups excluding tert-OH is 1. The van der Waals surface area contributed by atoms with Crippen LogP contribution in [0, 0.1) is 0 Å². The van der Waals surface area contributed by atoms with Crippen molar-refractivity contribution in [1.29, 1.82) is 0 Å². The van der Waals surface area contributed by atoms with Gasteiger partial charge in [0.05, 0.1) is 29.5 Å². The van der Waals surface area contributed by atoms with E-state index in [0.717, 1.165) is 5.56 Å². The molecule has 1 amide bonds. The SMILES string of the molecule is COc1cc(N)c(Cl)cc1C(=O)N1CCN(CC(O)c2ccccc2)CC1. The number of nitrogen functional groups attached to an aromatic ring is 1. The van der Waals surface area contributed by atoms with E-state index in [1.807, 2.05) is 30.3 Å². The first kappa shape index (κ1) is 19.5. The molecule has 0 radical (unpaired) electrons. The van der Waals surface area contributed by atoms with Gasteiger partial charge in [0.15, 0.2) is 0 Å². The maximum absolute atomic E-state index is 12.9. The van der Waals surface area contributed by atoms with Gasteiger partial charge >= 0.3 is 0 Å². The van der Waals surface area contributed by atoms with Crippen molar-refractivity contribution in [2.75, 3.05) is 45.6 Å². The Morgan fingerprint density at radius 1 is 1.22 bits per heavy atom. The second kappa shape index (κ2) is 8.61. The van der Waals surface area contributed by atoms with Crippen LogP contribution >= 0.6 is 11.6 Å². The van der Waals surface area contributed by atoms with Crippen molar-refractivity contribution in [1.82, 2.24) is 9.80 Å². The minimum atomic E-state index is -0.538. The van der Waals surface area contributed by atoms with E-state index in [9.17, 15) is 9.90 Å². The normalized spacial score (nSPS) is 16.2. The zero-order valence-electron chi connectivity index (χ0n) is 15.3. The Hall–Kier alpha value is -2.28. The maximum Gasteiger partial charge on any atom is 0.257 e. The number of β-amino-alcohol motifs (C(OH)–C–C–N with tert-alkyl or cyclic N) is 1. The molecule has 0 spiro atoms. The lowest BCUT2D eigenvalue weighted by molar-refractivity contribution is 0.0525. The molecule has 0 bridgehead atoms. The molecule has 6 nitrogen and oxygen atoms in total. The summed E-state index contributed by atoms with van der Waals surface area (Å²) in [5.74, 6) is 0.292. The van der Waals surface area contributed by atoms with E-state index in [1.54, 1.807) is 17.0 Å². The molecule has 1 heterocycles. The van der Waals surface area contributed by atoms with Gasteiger partial charge in [0, 0.05) is 38.8 Å². The Morgan fingerprint density at radius 3 is 2.52 bits per heavy atom. The summed E-state index contributed by atoms with van der Waals surface area (Å²) in [5.41, 5.74) is 7.48. The summed E-state index contributed by atoms with van der Waals surface area (Å²) in [4.78, 5) is 16.8. The number of piperazine rings is 1. The number of ether oxygens (including phenoxy) is 1. The van der Waals surface area contributed by atoms with Gasteiger partial charge in [-0.1, -0.05) is 41.9 Å². The third kappa shape index (κ3) is 4.53. The molecule has 3 rings (SSSR count). The van der Waals surface area contributed by atoms with Crippen molar-refractivity contribution in [2.24, 2.45) is 0 Å². The standard InChI is InChI=1S/C20H24ClN3O3/c1-27-19-12-17(22)16(21)11-15(19)20(26)24-9-7-23(8-10-24)13-18(25)14-5-3-2-4-6-14/h2-6,11-12,18,25H,7-10,13,22H2,1H3. The first-order valence-corrected chi connectivity index (χ1v) is 9.25. The molecule has 1 atom stereocenters. The summed E-state index contributed by atoms with van der Waals surface area (Å²) < 4.78 is 5.29. The highest BCUT2D eigenvalue weighted by atomic mass is 35.5. The zero-order chi connectivity index (χ0) is 19.4. The van der Waals surface area contributed by atoms with Gasteiger partial charge in [0.1, 0.15) is 5.75 Å². The number of hydrogen-bond acceptors (Lipinski definition) is 5. The quantitative estimate of drug-likeness (QED) is 0.768. The number of carbonyl (C=O) groups is 1. The Labute approximate surface area is 164 Å². The molecule has 1 aliphatic rings. The third-order valence-electron chi connectivity index (χ3n) is 4.82. The van der Waals surface area contributed by atoms with Crippen LogP contribution in [0.3, 0.4) is 0 Å². The lowest BCUT2D eigenvalue weighted by Crippen LogP contribution is -2.49. The fourth-order valence-corrected chi connectivity index (χ4v) is 3.40. The molecular formula is C20H24ClN3O3. The van der Waals surface area contributed by atoms with Crippen molar-refractivity contribution >= 4 is 23.2 Å². The van der Waals surface area contributed by atoms with Crippen molar-refractivity contribution in [3.63, 3.8) is 0 Å². The molecule has 0 saturated carbocycles. The molecule has 0 aromatic heterocycles. The first-order valence-electron chi connectivity index (χ1n) is 8.87. The number of nitrogens with two attached hydrogens (primary N) is 1. The van der Waals surface area contributed by atoms with E-state index in [4.69, 9.17) is 22.1 Å². The van der Waals surface area contributed by atoms with Gasteiger partial charge in [-0.2, -0.15) is 0 Å². The molecule has 0 aliphatic carbocycles. The van der Waals surface area contributed by atoms with E-state index in [2.05, 4.69) is 4.90 Å². The third-order valence-corrected chi connectivity index (χ3v) is 5.15. The smallest absolute Gasteiger partial charge is 0.257 e. The Balaban J connectivity index is 1.61. The van der Waals surface area contributed by atoms with Crippen molar-refractivity contribution in [3.05, 3.63) is 58.6 Å². The molecule has 1 saturated heterocycles. The molecule has 7 heteroatoms. The summed E-state index contributed by atoms with van der Waals surface area (Å²) in [7, 11) is 1.50. The average molecular weight is 390 g/mol. The molecule has 144 valence electrons. The van der Waals surface area contributed by atoms with Crippen molar-refractivity contribution in [2.45, 2.75) is 6.10 Å². The highest BCUT2D eigenvalue weighted by Gasteiger charge is 2.26. The monoisotopic (exact) mass is 389 g/mol. The van der Waals surface area contributed by atoms with E-state index < -0.39 is 6.10 Å². The molecule has 2 aromatic rings. The van der Waals surface area contributed by atoms with Crippen LogP contribution in [0.5, 0.6) is 5.75 Å². The molecule has 1 unspecified atom stereocenters. The lowest BCUT2D eigenvalue weighted by Gasteiger charge is -2.36. The van der Waals surface area contributed by atoms with Crippen LogP contribution in [0.2, 0.25) is 5.02 Å². The van der Waals surface area contributed by atoms with Gasteiger partial charge in [0.25, 0.3) is 5.91 Å². The molecular weight excluding hydrogens is 366 g/mol. The van der Waals surface area contributed by atoms with Crippen LogP contribution < -0.4 is 10.5 Å². The summed E-state index contributed by atoms with van der Waals surface area (Å²) in [6.45, 7) is 3.08. The van der Waals surface area contributed by atoms with E-state index in [1.165, 1.54) is 7.11 Å². The van der Waals surface area contributed by atoms with Crippen LogP contribution in [0.4, 0.5) is 5.69 Å². The number of nitrogens with zero attached hydrogens (tertiary/aromatic N) is 2. The number of halogens is 1. The van der Waals surface area contributed by atoms with Gasteiger partial charge in [-0.3, -0.25) is 9.69 Å². The van der Waals surface area contributed by atoms with E-state index in [0.29, 0.717) is 54.7 Å². The van der Waals surface area contributed by atoms with E-state index in [-0.39, 0.29) is 5.91 Å². The second-order valence-corrected chi connectivity index (χ2v) is 7.00. The number of aliphatic hydroxyl groups is 1. The molecule has 1 fully saturated rings. The summed E-state index contributed by atoms with van der Waals surface area (Å²) in [6.07, 6.45) is -0.538. The van der Waals surface area contributed by atoms with Gasteiger partial charge in [-0.25, -0.2) is 0 Å². The number of carbonyl (C=O) groups excluding carboxylic acids is 1. The molecule has 1 aliphatic heterocycles. The van der Waals surface area contributed by atoms with Crippen LogP contribution in [-0.4, -0.2) is 60.6 Å². The predicted octanol–water partition coefficient (Wildman–Crippen LogP) is 2.42. The molecule has 27 heavy (non-hydrogen) atoms. The second-order valence-electron chi connectivity index (χ2n) is 6.59. The minimum absolute atomic E-state index is 0.128. The zero-order valence-corrected chi connectivity index (χ0v) is 16.0. The first-order chi connectivity index (χ1) is 13.0. The summed E-state index contributed by atoms with van der Waals surface area (Å²) in [6, 6.07) is 12.7. The Morgan fingerprint density at radius 2 is 1.89 bits per heavy atom. The fraction of sp³-hybridized carbons (Fsp3) is 0.350. The van der Waals surface area contributed by atoms with Gasteiger partial charge in [-0.05, 0) is 11.6 Å². The number of hydrogen-bond donors (Lipinski definition) is 2. The topological polar surface area (TPSA) is 79.0 Å². The van der Waals surface area contributed by atoms with Crippen molar-refractivity contribution in [3.8, 4) is 5.75 Å². The number of benzene rings is 2. The highest BCUT2D eigenvalue weighted by molar-refractivity contribution is 6.33. The number of methoxy groups -OCH3 is 1. The molecule has 2 aromatic carbocycles. The van der Waals surface area contributed by atoms with E-state index >= 15 is 0 Å². The van der Waals surface area contributed by atoms with Crippen molar-refractivity contribution < 1.29 is 14.6 Å². The lowest BCUT2D eigenvalue weighted by atomic mass is 10.1. The predicted molar refractivity (Wildman–Crippen MR) is 106 cm³/mol. The summed E-state index contributed by atoms with van der Waals surface area (Å²) in [5, 5.41) is 10.7. The van der Waals surface area contributed by atoms with Crippen LogP contribution in [-0.2, 0) is 0 Å². The number of anilines is 1.